The van der Waals surface area contributed by atoms with Crippen molar-refractivity contribution < 1.29 is 18.0 Å². The molecule has 0 aliphatic carbocycles. The first kappa shape index (κ1) is 19.7. The number of Topliss-reactive ketones (excluding diaryl/α,β-unsaturated/α-hetero) is 1. The average molecular weight is 387 g/mol. The number of carbonyl (C=O) groups is 1. The van der Waals surface area contributed by atoms with E-state index in [0.29, 0.717) is 15.2 Å². The van der Waals surface area contributed by atoms with E-state index in [1.54, 1.807) is 0 Å². The summed E-state index contributed by atoms with van der Waals surface area (Å²) in [6.45, 7) is 4.35. The van der Waals surface area contributed by atoms with Gasteiger partial charge in [0.2, 0.25) is 0 Å². The second-order valence-electron chi connectivity index (χ2n) is 5.41. The highest BCUT2D eigenvalue weighted by Gasteiger charge is 2.35. The average Bonchev–Trinajstić information content (AvgIpc) is 2.56. The summed E-state index contributed by atoms with van der Waals surface area (Å²) in [5, 5.41) is -0.841. The maximum atomic E-state index is 13.1. The Kier molecular flexibility index (Phi) is 5.56. The van der Waals surface area contributed by atoms with Gasteiger partial charge in [0, 0.05) is 18.2 Å². The Labute approximate surface area is 150 Å². The second kappa shape index (κ2) is 7.33. The van der Waals surface area contributed by atoms with E-state index in [2.05, 4.69) is 6.58 Å². The minimum Gasteiger partial charge on any atom is -0.293 e. The number of alkyl halides is 4. The zero-order valence-electron chi connectivity index (χ0n) is 13.6. The number of halogens is 4. The fourth-order valence-corrected chi connectivity index (χ4v) is 2.51. The van der Waals surface area contributed by atoms with E-state index in [-0.39, 0.29) is 11.3 Å². The third kappa shape index (κ3) is 3.80. The van der Waals surface area contributed by atoms with E-state index >= 15 is 0 Å². The summed E-state index contributed by atoms with van der Waals surface area (Å²) in [6.07, 6.45) is -3.77. The maximum absolute atomic E-state index is 13.1. The van der Waals surface area contributed by atoms with E-state index in [4.69, 9.17) is 11.6 Å². The van der Waals surface area contributed by atoms with Crippen molar-refractivity contribution >= 4 is 17.4 Å². The van der Waals surface area contributed by atoms with Gasteiger partial charge in [-0.15, -0.1) is 18.2 Å². The van der Waals surface area contributed by atoms with Gasteiger partial charge in [-0.05, 0) is 19.1 Å². The zero-order valence-corrected chi connectivity index (χ0v) is 14.3. The van der Waals surface area contributed by atoms with Crippen LogP contribution in [0.3, 0.4) is 0 Å². The molecule has 1 aromatic carbocycles. The van der Waals surface area contributed by atoms with Crippen LogP contribution in [-0.4, -0.2) is 20.3 Å². The van der Waals surface area contributed by atoms with Gasteiger partial charge in [-0.1, -0.05) is 18.2 Å². The topological polar surface area (TPSA) is 61.1 Å². The van der Waals surface area contributed by atoms with Crippen molar-refractivity contribution in [2.75, 3.05) is 0 Å². The Hall–Kier alpha value is -2.61. The molecule has 138 valence electrons. The lowest BCUT2D eigenvalue weighted by molar-refractivity contribution is -0.144. The zero-order chi connectivity index (χ0) is 19.6. The van der Waals surface area contributed by atoms with Crippen molar-refractivity contribution in [3.8, 4) is 5.69 Å². The van der Waals surface area contributed by atoms with Crippen LogP contribution in [0, 0.1) is 0 Å². The van der Waals surface area contributed by atoms with Crippen LogP contribution < -0.4 is 11.2 Å². The van der Waals surface area contributed by atoms with Gasteiger partial charge in [0.1, 0.15) is 5.69 Å². The highest BCUT2D eigenvalue weighted by atomic mass is 35.5. The number of benzene rings is 1. The Balaban J connectivity index is 2.76. The molecule has 0 spiro atoms. The number of hydrogen-bond acceptors (Lipinski definition) is 3. The summed E-state index contributed by atoms with van der Waals surface area (Å²) in [4.78, 5) is 36.7. The molecule has 2 aromatic rings. The Morgan fingerprint density at radius 3 is 2.50 bits per heavy atom. The predicted octanol–water partition coefficient (Wildman–Crippen LogP) is 3.01. The molecule has 1 atom stereocenters. The smallest absolute Gasteiger partial charge is 0.293 e. The third-order valence-electron chi connectivity index (χ3n) is 3.55. The van der Waals surface area contributed by atoms with E-state index < -0.39 is 40.8 Å². The summed E-state index contributed by atoms with van der Waals surface area (Å²) in [5.74, 6) is -0.445. The molecule has 0 saturated carbocycles. The molecule has 0 fully saturated rings. The van der Waals surface area contributed by atoms with Crippen molar-refractivity contribution in [1.82, 2.24) is 9.13 Å². The van der Waals surface area contributed by atoms with Crippen molar-refractivity contribution in [3.63, 3.8) is 0 Å². The van der Waals surface area contributed by atoms with Crippen LogP contribution in [0.4, 0.5) is 13.2 Å². The van der Waals surface area contributed by atoms with Crippen LogP contribution in [0.2, 0.25) is 0 Å². The number of rotatable bonds is 5. The minimum atomic E-state index is -4.88. The number of hydrogen-bond donors (Lipinski definition) is 0. The molecule has 0 radical (unpaired) electrons. The second-order valence-corrected chi connectivity index (χ2v) is 6.07. The molecule has 2 rings (SSSR count). The molecule has 0 bridgehead atoms. The van der Waals surface area contributed by atoms with Gasteiger partial charge in [-0.3, -0.25) is 14.2 Å². The Bertz CT molecular complexity index is 974. The molecule has 0 aliphatic rings. The normalized spacial score (nSPS) is 12.7. The van der Waals surface area contributed by atoms with Crippen LogP contribution in [-0.2, 0) is 12.7 Å². The lowest BCUT2D eigenvalue weighted by Crippen LogP contribution is -2.41. The quantitative estimate of drug-likeness (QED) is 0.451. The van der Waals surface area contributed by atoms with Crippen molar-refractivity contribution in [3.05, 3.63) is 75.1 Å². The molecule has 26 heavy (non-hydrogen) atoms. The first-order chi connectivity index (χ1) is 12.1. The number of nitrogens with zero attached hydrogens (tertiary/aromatic N) is 2. The molecule has 1 aromatic heterocycles. The largest absolute Gasteiger partial charge is 0.431 e. The molecule has 1 heterocycles. The van der Waals surface area contributed by atoms with Gasteiger partial charge in [0.05, 0.1) is 11.1 Å². The van der Waals surface area contributed by atoms with Gasteiger partial charge >= 0.3 is 11.9 Å². The lowest BCUT2D eigenvalue weighted by atomic mass is 10.1. The molecule has 9 heteroatoms. The fraction of sp³-hybridized carbons (Fsp3) is 0.235. The van der Waals surface area contributed by atoms with E-state index in [0.717, 1.165) is 6.08 Å². The van der Waals surface area contributed by atoms with Crippen molar-refractivity contribution in [1.29, 1.82) is 0 Å². The molecule has 0 N–H and O–H groups in total. The minimum absolute atomic E-state index is 0.0327. The predicted molar refractivity (Wildman–Crippen MR) is 91.1 cm³/mol. The van der Waals surface area contributed by atoms with Gasteiger partial charge in [-0.25, -0.2) is 9.36 Å². The highest BCUT2D eigenvalue weighted by Crippen LogP contribution is 2.27. The lowest BCUT2D eigenvalue weighted by Gasteiger charge is -2.16. The third-order valence-corrected chi connectivity index (χ3v) is 3.74. The van der Waals surface area contributed by atoms with Gasteiger partial charge in [0.25, 0.3) is 5.56 Å². The van der Waals surface area contributed by atoms with E-state index in [1.807, 2.05) is 0 Å². The standard InChI is InChI=1S/C17H14ClF3N2O3/c1-3-7-22-13(17(19,20)21)9-14(24)23(16(22)26)12-6-4-5-11(8-12)15(25)10(2)18/h3-6,8-10H,1,7H2,2H3. The Morgan fingerprint density at radius 1 is 1.31 bits per heavy atom. The number of allylic oxidation sites excluding steroid dienone is 1. The van der Waals surface area contributed by atoms with E-state index in [9.17, 15) is 27.6 Å². The molecule has 1 unspecified atom stereocenters. The number of ketones is 1. The summed E-state index contributed by atoms with van der Waals surface area (Å²) >= 11 is 5.74. The van der Waals surface area contributed by atoms with Crippen LogP contribution in [0.1, 0.15) is 23.0 Å². The maximum Gasteiger partial charge on any atom is 0.431 e. The number of carbonyl (C=O) groups excluding carboxylic acids is 1. The fourth-order valence-electron chi connectivity index (χ4n) is 2.38. The van der Waals surface area contributed by atoms with Crippen LogP contribution in [0.5, 0.6) is 0 Å². The number of aromatic nitrogens is 2. The molecular weight excluding hydrogens is 373 g/mol. The summed E-state index contributed by atoms with van der Waals surface area (Å²) in [7, 11) is 0. The van der Waals surface area contributed by atoms with Crippen molar-refractivity contribution in [2.24, 2.45) is 0 Å². The van der Waals surface area contributed by atoms with Crippen LogP contribution in [0.25, 0.3) is 5.69 Å². The van der Waals surface area contributed by atoms with Gasteiger partial charge < -0.3 is 0 Å². The highest BCUT2D eigenvalue weighted by molar-refractivity contribution is 6.33. The van der Waals surface area contributed by atoms with E-state index in [1.165, 1.54) is 31.2 Å². The molecule has 0 aliphatic heterocycles. The first-order valence-corrected chi connectivity index (χ1v) is 7.85. The summed E-state index contributed by atoms with van der Waals surface area (Å²) in [5.41, 5.74) is -3.62. The molecule has 0 saturated heterocycles. The van der Waals surface area contributed by atoms with Gasteiger partial charge in [-0.2, -0.15) is 13.2 Å². The molecule has 0 amide bonds. The van der Waals surface area contributed by atoms with Crippen LogP contribution in [0.15, 0.2) is 52.6 Å². The first-order valence-electron chi connectivity index (χ1n) is 7.41. The Morgan fingerprint density at radius 2 is 1.96 bits per heavy atom. The van der Waals surface area contributed by atoms with Crippen LogP contribution >= 0.6 is 11.6 Å². The summed E-state index contributed by atoms with van der Waals surface area (Å²) in [6, 6.07) is 5.74. The summed E-state index contributed by atoms with van der Waals surface area (Å²) < 4.78 is 40.3. The molecular formula is C17H14ClF3N2O3. The SMILES string of the molecule is C=CCn1c(C(F)(F)F)cc(=O)n(-c2cccc(C(=O)C(C)Cl)c2)c1=O. The van der Waals surface area contributed by atoms with Gasteiger partial charge in [0.15, 0.2) is 5.78 Å². The monoisotopic (exact) mass is 386 g/mol. The molecule has 5 nitrogen and oxygen atoms in total. The van der Waals surface area contributed by atoms with Crippen molar-refractivity contribution in [2.45, 2.75) is 25.0 Å².